The van der Waals surface area contributed by atoms with Gasteiger partial charge in [-0.25, -0.2) is 18.6 Å². The molecule has 4 atom stereocenters. The van der Waals surface area contributed by atoms with Gasteiger partial charge < -0.3 is 10.3 Å². The van der Waals surface area contributed by atoms with E-state index in [0.29, 0.717) is 23.2 Å². The predicted molar refractivity (Wildman–Crippen MR) is 97.6 cm³/mol. The molecule has 2 N–H and O–H groups in total. The highest BCUT2D eigenvalue weighted by molar-refractivity contribution is 6.56. The molecule has 1 aliphatic heterocycles. The highest BCUT2D eigenvalue weighted by atomic mass is 35.5. The van der Waals surface area contributed by atoms with Crippen LogP contribution in [0, 0.1) is 0 Å². The van der Waals surface area contributed by atoms with E-state index in [1.807, 2.05) is 0 Å². The van der Waals surface area contributed by atoms with Gasteiger partial charge in [0.05, 0.1) is 0 Å². The first-order chi connectivity index (χ1) is 12.8. The van der Waals surface area contributed by atoms with E-state index in [2.05, 4.69) is 10.7 Å². The fourth-order valence-electron chi connectivity index (χ4n) is 4.28. The van der Waals surface area contributed by atoms with Gasteiger partial charge in [0, 0.05) is 36.3 Å². The second kappa shape index (κ2) is 6.43. The summed E-state index contributed by atoms with van der Waals surface area (Å²) in [5.74, 6) is -1.67. The maximum atomic E-state index is 14.6. The molecule has 27 heavy (non-hydrogen) atoms. The number of benzene rings is 1. The summed E-state index contributed by atoms with van der Waals surface area (Å²) >= 11 is 11.7. The lowest BCUT2D eigenvalue weighted by Gasteiger charge is -2.29. The minimum atomic E-state index is -2.96. The predicted octanol–water partition coefficient (Wildman–Crippen LogP) is 4.20. The maximum Gasteiger partial charge on any atom is 0.270 e. The van der Waals surface area contributed by atoms with Crippen molar-refractivity contribution in [2.75, 3.05) is 12.4 Å². The quantitative estimate of drug-likeness (QED) is 0.774. The Hall–Kier alpha value is -1.70. The molecule has 0 aromatic heterocycles. The third kappa shape index (κ3) is 2.67. The van der Waals surface area contributed by atoms with E-state index in [0.717, 1.165) is 11.6 Å². The van der Waals surface area contributed by atoms with Crippen molar-refractivity contribution < 1.29 is 18.0 Å². The van der Waals surface area contributed by atoms with Gasteiger partial charge in [0.25, 0.3) is 12.3 Å². The van der Waals surface area contributed by atoms with Crippen LogP contribution in [0.1, 0.15) is 29.4 Å². The lowest BCUT2D eigenvalue weighted by molar-refractivity contribution is -0.127. The number of halogens is 5. The average Bonchev–Trinajstić information content (AvgIpc) is 3.26. The van der Waals surface area contributed by atoms with Crippen molar-refractivity contribution in [1.82, 2.24) is 10.4 Å². The molecule has 1 saturated carbocycles. The molecule has 0 spiro atoms. The fourth-order valence-corrected chi connectivity index (χ4v) is 4.75. The van der Waals surface area contributed by atoms with Gasteiger partial charge >= 0.3 is 0 Å². The number of nitrogens with zero attached hydrogens (tertiary/aromatic N) is 1. The number of fused-ring (bicyclic) bond motifs is 5. The van der Waals surface area contributed by atoms with Gasteiger partial charge in [-0.2, -0.15) is 0 Å². The minimum Gasteiger partial charge on any atom is -0.324 e. The van der Waals surface area contributed by atoms with Crippen LogP contribution in [0.2, 0.25) is 0 Å². The number of rotatable bonds is 3. The van der Waals surface area contributed by atoms with Crippen LogP contribution in [0.5, 0.6) is 0 Å². The van der Waals surface area contributed by atoms with Crippen LogP contribution < -0.4 is 10.7 Å². The Morgan fingerprint density at radius 1 is 1.41 bits per heavy atom. The number of hydrazine groups is 1. The first-order valence-corrected chi connectivity index (χ1v) is 9.13. The SMILES string of the molecule is CN1C=CC(C(=O)Nc2cccc3c2C2CC3C(F)C2=C(Cl)Cl)(C(F)F)N1. The molecule has 1 aromatic rings. The Morgan fingerprint density at radius 3 is 2.74 bits per heavy atom. The third-order valence-electron chi connectivity index (χ3n) is 5.51. The Morgan fingerprint density at radius 2 is 2.15 bits per heavy atom. The summed E-state index contributed by atoms with van der Waals surface area (Å²) in [7, 11) is 1.52. The van der Waals surface area contributed by atoms with Crippen molar-refractivity contribution in [3.05, 3.63) is 51.7 Å². The minimum absolute atomic E-state index is 0.118. The molecule has 9 heteroatoms. The zero-order valence-electron chi connectivity index (χ0n) is 14.1. The number of amides is 1. The van der Waals surface area contributed by atoms with E-state index in [4.69, 9.17) is 23.2 Å². The van der Waals surface area contributed by atoms with Crippen LogP contribution in [0.3, 0.4) is 0 Å². The number of carbonyl (C=O) groups excluding carboxylic acids is 1. The standard InChI is InChI=1S/C18H16Cl2F3N3O/c1-26-6-5-18(25-26,16(22)23)17(27)24-11-4-2-3-8-9-7-10(12(8)11)13(14(9)21)15(19)20/h2-6,9-10,14,16,25H,7H2,1H3,(H,24,27). The van der Waals surface area contributed by atoms with Crippen LogP contribution in [-0.2, 0) is 4.79 Å². The third-order valence-corrected chi connectivity index (χ3v) is 5.95. The van der Waals surface area contributed by atoms with Gasteiger partial charge in [-0.3, -0.25) is 4.79 Å². The average molecular weight is 418 g/mol. The Kier molecular flexibility index (Phi) is 4.44. The highest BCUT2D eigenvalue weighted by Crippen LogP contribution is 2.60. The molecule has 2 aliphatic carbocycles. The van der Waals surface area contributed by atoms with E-state index in [1.165, 1.54) is 18.3 Å². The second-order valence-corrected chi connectivity index (χ2v) is 7.93. The van der Waals surface area contributed by atoms with Crippen molar-refractivity contribution >= 4 is 34.8 Å². The van der Waals surface area contributed by atoms with Crippen LogP contribution >= 0.6 is 23.2 Å². The molecule has 4 rings (SSSR count). The van der Waals surface area contributed by atoms with Crippen LogP contribution in [-0.4, -0.2) is 36.1 Å². The summed E-state index contributed by atoms with van der Waals surface area (Å²) < 4.78 is 41.8. The summed E-state index contributed by atoms with van der Waals surface area (Å²) in [6.07, 6.45) is -1.26. The number of hydrogen-bond acceptors (Lipinski definition) is 3. The Labute approximate surface area is 164 Å². The molecule has 2 bridgehead atoms. The van der Waals surface area contributed by atoms with Gasteiger partial charge in [0.15, 0.2) is 5.54 Å². The molecule has 3 aliphatic rings. The lowest BCUT2D eigenvalue weighted by atomic mass is 9.86. The molecule has 1 aromatic carbocycles. The van der Waals surface area contributed by atoms with E-state index in [9.17, 15) is 18.0 Å². The number of hydrogen-bond donors (Lipinski definition) is 2. The Bertz CT molecular complexity index is 871. The molecule has 4 unspecified atom stereocenters. The van der Waals surface area contributed by atoms with Crippen molar-refractivity contribution in [3.8, 4) is 0 Å². The highest BCUT2D eigenvalue weighted by Gasteiger charge is 2.52. The van der Waals surface area contributed by atoms with Crippen LogP contribution in [0.4, 0.5) is 18.9 Å². The summed E-state index contributed by atoms with van der Waals surface area (Å²) in [5, 5.41) is 3.89. The van der Waals surface area contributed by atoms with E-state index in [-0.39, 0.29) is 10.4 Å². The zero-order valence-corrected chi connectivity index (χ0v) is 15.7. The van der Waals surface area contributed by atoms with E-state index < -0.39 is 30.0 Å². The molecule has 144 valence electrons. The van der Waals surface area contributed by atoms with Gasteiger partial charge in [0.1, 0.15) is 10.7 Å². The monoisotopic (exact) mass is 417 g/mol. The smallest absolute Gasteiger partial charge is 0.270 e. The molecular formula is C18H16Cl2F3N3O. The molecule has 1 fully saturated rings. The molecular weight excluding hydrogens is 402 g/mol. The van der Waals surface area contributed by atoms with Gasteiger partial charge in [0.2, 0.25) is 0 Å². The molecule has 1 heterocycles. The molecule has 4 nitrogen and oxygen atoms in total. The summed E-state index contributed by atoms with van der Waals surface area (Å²) in [5.41, 5.74) is 2.41. The number of alkyl halides is 3. The first kappa shape index (κ1) is 18.7. The summed E-state index contributed by atoms with van der Waals surface area (Å²) in [4.78, 5) is 12.7. The number of carbonyl (C=O) groups is 1. The first-order valence-electron chi connectivity index (χ1n) is 8.37. The summed E-state index contributed by atoms with van der Waals surface area (Å²) in [6.45, 7) is 0. The van der Waals surface area contributed by atoms with Crippen LogP contribution in [0.15, 0.2) is 40.5 Å². The van der Waals surface area contributed by atoms with Crippen molar-refractivity contribution in [3.63, 3.8) is 0 Å². The van der Waals surface area contributed by atoms with E-state index in [1.54, 1.807) is 18.2 Å². The Balaban J connectivity index is 1.71. The zero-order chi connectivity index (χ0) is 19.5. The van der Waals surface area contributed by atoms with Crippen molar-refractivity contribution in [2.24, 2.45) is 0 Å². The van der Waals surface area contributed by atoms with Crippen LogP contribution in [0.25, 0.3) is 0 Å². The van der Waals surface area contributed by atoms with Crippen molar-refractivity contribution in [2.45, 2.75) is 36.4 Å². The number of allylic oxidation sites excluding steroid dienone is 1. The normalized spacial score (nSPS) is 31.0. The number of nitrogens with one attached hydrogen (secondary N) is 2. The van der Waals surface area contributed by atoms with Crippen molar-refractivity contribution in [1.29, 1.82) is 0 Å². The second-order valence-electron chi connectivity index (χ2n) is 6.98. The molecule has 0 saturated heterocycles. The van der Waals surface area contributed by atoms with Gasteiger partial charge in [-0.1, -0.05) is 35.3 Å². The lowest BCUT2D eigenvalue weighted by Crippen LogP contribution is -2.58. The fraction of sp³-hybridized carbons (Fsp3) is 0.389. The van der Waals surface area contributed by atoms with Gasteiger partial charge in [-0.15, -0.1) is 0 Å². The number of anilines is 1. The molecule has 1 amide bonds. The summed E-state index contributed by atoms with van der Waals surface area (Å²) in [6, 6.07) is 5.07. The molecule has 0 radical (unpaired) electrons. The topological polar surface area (TPSA) is 44.4 Å². The largest absolute Gasteiger partial charge is 0.324 e. The van der Waals surface area contributed by atoms with E-state index >= 15 is 0 Å². The maximum absolute atomic E-state index is 14.6. The van der Waals surface area contributed by atoms with Gasteiger partial charge in [-0.05, 0) is 29.7 Å².